The molecule has 0 radical (unpaired) electrons. The second kappa shape index (κ2) is 9.71. The molecule has 3 aliphatic rings. The van der Waals surface area contributed by atoms with Crippen LogP contribution in [0.4, 0.5) is 0 Å². The van der Waals surface area contributed by atoms with E-state index in [-0.39, 0.29) is 23.6 Å². The monoisotopic (exact) mass is 480 g/mol. The van der Waals surface area contributed by atoms with Gasteiger partial charge in [0.15, 0.2) is 0 Å². The van der Waals surface area contributed by atoms with Crippen LogP contribution in [-0.2, 0) is 11.2 Å². The molecule has 35 heavy (non-hydrogen) atoms. The van der Waals surface area contributed by atoms with E-state index in [4.69, 9.17) is 4.74 Å². The van der Waals surface area contributed by atoms with Crippen LogP contribution in [0.25, 0.3) is 0 Å². The smallest absolute Gasteiger partial charge is 0.326 e. The molecule has 2 aromatic rings. The molecule has 2 fully saturated rings. The highest BCUT2D eigenvalue weighted by atomic mass is 16.5. The van der Waals surface area contributed by atoms with E-state index in [1.165, 1.54) is 5.56 Å². The highest BCUT2D eigenvalue weighted by molar-refractivity contribution is 5.92. The summed E-state index contributed by atoms with van der Waals surface area (Å²) < 4.78 is 6.21. The minimum Gasteiger partial charge on any atom is -0.491 e. The molecule has 0 aliphatic carbocycles. The van der Waals surface area contributed by atoms with Crippen molar-refractivity contribution in [2.45, 2.75) is 57.4 Å². The van der Waals surface area contributed by atoms with Gasteiger partial charge in [-0.05, 0) is 56.6 Å². The number of aromatic nitrogens is 2. The van der Waals surface area contributed by atoms with Gasteiger partial charge in [0, 0.05) is 25.7 Å². The number of aromatic amines is 2. The predicted octanol–water partition coefficient (Wildman–Crippen LogP) is 2.08. The maximum absolute atomic E-state index is 14.0. The van der Waals surface area contributed by atoms with Crippen molar-refractivity contribution in [2.24, 2.45) is 5.41 Å². The lowest BCUT2D eigenvalue weighted by Crippen LogP contribution is -2.53. The van der Waals surface area contributed by atoms with Gasteiger partial charge in [0.2, 0.25) is 5.91 Å². The average molecular weight is 481 g/mol. The van der Waals surface area contributed by atoms with Gasteiger partial charge < -0.3 is 19.5 Å². The Labute approximate surface area is 203 Å². The Morgan fingerprint density at radius 3 is 2.57 bits per heavy atom. The van der Waals surface area contributed by atoms with Gasteiger partial charge >= 0.3 is 5.69 Å². The minimum absolute atomic E-state index is 0.0184. The molecular formula is C26H32N4O5. The Bertz CT molecular complexity index is 1180. The van der Waals surface area contributed by atoms with Crippen LogP contribution >= 0.6 is 0 Å². The van der Waals surface area contributed by atoms with Crippen LogP contribution in [-0.4, -0.2) is 63.9 Å². The molecule has 4 heterocycles. The predicted molar refractivity (Wildman–Crippen MR) is 129 cm³/mol. The molecule has 0 unspecified atom stereocenters. The third kappa shape index (κ3) is 4.76. The van der Waals surface area contributed by atoms with E-state index in [2.05, 4.69) is 16.0 Å². The lowest BCUT2D eigenvalue weighted by molar-refractivity contribution is -0.147. The normalized spacial score (nSPS) is 22.5. The number of amides is 2. The van der Waals surface area contributed by atoms with Crippen molar-refractivity contribution in [1.29, 1.82) is 0 Å². The molecule has 3 aliphatic heterocycles. The van der Waals surface area contributed by atoms with Gasteiger partial charge in [-0.3, -0.25) is 19.4 Å². The molecule has 1 aromatic heterocycles. The quantitative estimate of drug-likeness (QED) is 0.649. The molecule has 2 saturated heterocycles. The number of rotatable bonds is 1. The Morgan fingerprint density at radius 1 is 0.971 bits per heavy atom. The molecule has 186 valence electrons. The van der Waals surface area contributed by atoms with Crippen LogP contribution in [0.2, 0.25) is 0 Å². The molecule has 5 rings (SSSR count). The van der Waals surface area contributed by atoms with Crippen molar-refractivity contribution in [2.75, 3.05) is 26.2 Å². The fourth-order valence-electron chi connectivity index (χ4n) is 5.86. The summed E-state index contributed by atoms with van der Waals surface area (Å²) in [5.74, 6) is 0.730. The summed E-state index contributed by atoms with van der Waals surface area (Å²) in [6, 6.07) is 9.35. The van der Waals surface area contributed by atoms with Crippen molar-refractivity contribution in [3.63, 3.8) is 0 Å². The first-order chi connectivity index (χ1) is 16.9. The van der Waals surface area contributed by atoms with Gasteiger partial charge in [-0.15, -0.1) is 0 Å². The van der Waals surface area contributed by atoms with Crippen LogP contribution in [0.5, 0.6) is 5.75 Å². The zero-order chi connectivity index (χ0) is 24.4. The summed E-state index contributed by atoms with van der Waals surface area (Å²) in [4.78, 5) is 58.3. The molecule has 9 nitrogen and oxygen atoms in total. The number of benzene rings is 1. The summed E-state index contributed by atoms with van der Waals surface area (Å²) in [6.45, 7) is 2.07. The molecule has 0 bridgehead atoms. The van der Waals surface area contributed by atoms with Crippen molar-refractivity contribution in [1.82, 2.24) is 19.8 Å². The Balaban J connectivity index is 1.35. The minimum atomic E-state index is -0.701. The van der Waals surface area contributed by atoms with Gasteiger partial charge in [0.05, 0.1) is 11.5 Å². The fourth-order valence-corrected chi connectivity index (χ4v) is 5.86. The lowest BCUT2D eigenvalue weighted by Gasteiger charge is -2.44. The first-order valence-electron chi connectivity index (χ1n) is 12.6. The van der Waals surface area contributed by atoms with E-state index in [9.17, 15) is 19.2 Å². The van der Waals surface area contributed by atoms with E-state index >= 15 is 0 Å². The first-order valence-corrected chi connectivity index (χ1v) is 12.6. The van der Waals surface area contributed by atoms with E-state index in [0.29, 0.717) is 32.5 Å². The van der Waals surface area contributed by atoms with Crippen LogP contribution in [0, 0.1) is 5.41 Å². The third-order valence-electron chi connectivity index (χ3n) is 7.85. The number of carbonyl (C=O) groups excluding carboxylic acids is 2. The highest BCUT2D eigenvalue weighted by Crippen LogP contribution is 2.41. The van der Waals surface area contributed by atoms with Gasteiger partial charge in [-0.2, -0.15) is 0 Å². The number of hydrogen-bond donors (Lipinski definition) is 2. The van der Waals surface area contributed by atoms with E-state index < -0.39 is 16.7 Å². The number of aryl methyl sites for hydroxylation is 1. The highest BCUT2D eigenvalue weighted by Gasteiger charge is 2.46. The Kier molecular flexibility index (Phi) is 6.49. The molecule has 2 N–H and O–H groups in total. The number of piperidine rings is 1. The van der Waals surface area contributed by atoms with E-state index in [0.717, 1.165) is 56.9 Å². The summed E-state index contributed by atoms with van der Waals surface area (Å²) in [6.07, 6.45) is 6.65. The van der Waals surface area contributed by atoms with Gasteiger partial charge in [-0.1, -0.05) is 24.6 Å². The van der Waals surface area contributed by atoms with Crippen molar-refractivity contribution >= 4 is 11.8 Å². The van der Waals surface area contributed by atoms with Gasteiger partial charge in [0.1, 0.15) is 18.1 Å². The Hall–Kier alpha value is -3.36. The number of H-pyrrole nitrogens is 2. The van der Waals surface area contributed by atoms with Crippen molar-refractivity contribution < 1.29 is 14.3 Å². The fraction of sp³-hybridized carbons (Fsp3) is 0.538. The number of ether oxygens (including phenoxy) is 1. The summed E-state index contributed by atoms with van der Waals surface area (Å²) >= 11 is 0. The van der Waals surface area contributed by atoms with Gasteiger partial charge in [0.25, 0.3) is 11.5 Å². The molecule has 0 saturated carbocycles. The second-order valence-corrected chi connectivity index (χ2v) is 9.99. The average Bonchev–Trinajstić information content (AvgIpc) is 3.33. The lowest BCUT2D eigenvalue weighted by atomic mass is 9.72. The summed E-state index contributed by atoms with van der Waals surface area (Å²) in [5.41, 5.74) is -0.614. The maximum Gasteiger partial charge on any atom is 0.326 e. The van der Waals surface area contributed by atoms with Crippen LogP contribution < -0.4 is 16.0 Å². The standard InChI is InChI=1S/C26H32N4O5/c31-22-16-20(27-25(34)28-22)23(32)29-14-11-26(12-15-29)10-4-3-7-18-6-1-2-9-21(18)35-17-19-8-5-13-30(19)24(26)33/h1-2,6,9,16,19H,3-5,7-8,10-15,17H2,(H2,27,28,31,34)/t19-/m0/s1. The number of fused-ring (bicyclic) bond motifs is 2. The van der Waals surface area contributed by atoms with Crippen LogP contribution in [0.1, 0.15) is 61.0 Å². The van der Waals surface area contributed by atoms with Gasteiger partial charge in [-0.25, -0.2) is 4.79 Å². The number of hydrogen-bond acceptors (Lipinski definition) is 5. The van der Waals surface area contributed by atoms with E-state index in [1.54, 1.807) is 4.90 Å². The second-order valence-electron chi connectivity index (χ2n) is 9.99. The number of likely N-dealkylation sites (tertiary alicyclic amines) is 1. The zero-order valence-corrected chi connectivity index (χ0v) is 19.9. The number of nitrogens with one attached hydrogen (secondary N) is 2. The topological polar surface area (TPSA) is 116 Å². The Morgan fingerprint density at radius 2 is 1.77 bits per heavy atom. The largest absolute Gasteiger partial charge is 0.491 e. The number of carbonyl (C=O) groups is 2. The number of nitrogens with zero attached hydrogens (tertiary/aromatic N) is 2. The summed E-state index contributed by atoms with van der Waals surface area (Å²) in [7, 11) is 0. The molecule has 2 amide bonds. The van der Waals surface area contributed by atoms with E-state index in [1.807, 2.05) is 23.1 Å². The molecule has 1 spiro atoms. The zero-order valence-electron chi connectivity index (χ0n) is 19.9. The first kappa shape index (κ1) is 23.4. The molecule has 1 atom stereocenters. The molecule has 1 aromatic carbocycles. The van der Waals surface area contributed by atoms with Crippen molar-refractivity contribution in [3.05, 3.63) is 62.4 Å². The molecule has 9 heteroatoms. The van der Waals surface area contributed by atoms with Crippen molar-refractivity contribution in [3.8, 4) is 5.75 Å². The molecular weight excluding hydrogens is 448 g/mol. The summed E-state index contributed by atoms with van der Waals surface area (Å²) in [5, 5.41) is 0. The SMILES string of the molecule is O=C(c1cc(=O)[nH]c(=O)[nH]1)N1CCC2(CCCCc3ccccc3OC[C@@H]3CCCN3C2=O)CC1. The van der Waals surface area contributed by atoms with Crippen LogP contribution in [0.15, 0.2) is 39.9 Å². The maximum atomic E-state index is 14.0. The number of para-hydroxylation sites is 1. The van der Waals surface area contributed by atoms with Crippen LogP contribution in [0.3, 0.4) is 0 Å². The third-order valence-corrected chi connectivity index (χ3v) is 7.85.